The lowest BCUT2D eigenvalue weighted by atomic mass is 9.84. The fourth-order valence-electron chi connectivity index (χ4n) is 2.89. The molecule has 0 radical (unpaired) electrons. The number of hydrogen-bond acceptors (Lipinski definition) is 1. The molecule has 1 nitrogen and oxygen atoms in total. The minimum absolute atomic E-state index is 0.710. The summed E-state index contributed by atoms with van der Waals surface area (Å²) in [5.41, 5.74) is 0. The summed E-state index contributed by atoms with van der Waals surface area (Å²) >= 11 is 0. The minimum atomic E-state index is 0.710. The Labute approximate surface area is 96.0 Å². The summed E-state index contributed by atoms with van der Waals surface area (Å²) in [5.74, 6) is 1.70. The largest absolute Gasteiger partial charge is 0.311 e. The number of nitrogens with one attached hydrogen (secondary N) is 1. The maximum absolute atomic E-state index is 3.84. The maximum Gasteiger partial charge on any atom is 0.00900 e. The van der Waals surface area contributed by atoms with E-state index in [9.17, 15) is 0 Å². The van der Waals surface area contributed by atoms with Crippen LogP contribution in [0.25, 0.3) is 0 Å². The van der Waals surface area contributed by atoms with Gasteiger partial charge in [-0.05, 0) is 38.0 Å². The molecule has 0 saturated heterocycles. The van der Waals surface area contributed by atoms with Crippen molar-refractivity contribution in [3.05, 3.63) is 0 Å². The molecule has 1 aliphatic carbocycles. The van der Waals surface area contributed by atoms with Gasteiger partial charge in [-0.2, -0.15) is 0 Å². The average molecular weight is 211 g/mol. The van der Waals surface area contributed by atoms with Crippen molar-refractivity contribution in [2.45, 2.75) is 78.3 Å². The summed E-state index contributed by atoms with van der Waals surface area (Å²) in [6.07, 6.45) is 8.52. The molecule has 0 aromatic heterocycles. The summed E-state index contributed by atoms with van der Waals surface area (Å²) in [4.78, 5) is 0. The van der Waals surface area contributed by atoms with Crippen LogP contribution in [0.2, 0.25) is 0 Å². The van der Waals surface area contributed by atoms with Crippen LogP contribution in [0.4, 0.5) is 0 Å². The first kappa shape index (κ1) is 13.0. The molecule has 90 valence electrons. The zero-order valence-electron chi connectivity index (χ0n) is 11.1. The van der Waals surface area contributed by atoms with E-state index in [0.29, 0.717) is 6.04 Å². The Morgan fingerprint density at radius 1 is 1.07 bits per heavy atom. The summed E-state index contributed by atoms with van der Waals surface area (Å²) in [6, 6.07) is 1.43. The second-order valence-electron chi connectivity index (χ2n) is 5.61. The Hall–Kier alpha value is -0.0400. The Morgan fingerprint density at radius 2 is 1.67 bits per heavy atom. The topological polar surface area (TPSA) is 12.0 Å². The zero-order chi connectivity index (χ0) is 11.3. The second kappa shape index (κ2) is 6.52. The lowest BCUT2D eigenvalue weighted by Gasteiger charge is -2.33. The highest BCUT2D eigenvalue weighted by Crippen LogP contribution is 2.27. The van der Waals surface area contributed by atoms with E-state index >= 15 is 0 Å². The Bertz CT molecular complexity index is 159. The molecule has 0 spiro atoms. The predicted octanol–water partition coefficient (Wildman–Crippen LogP) is 3.98. The lowest BCUT2D eigenvalue weighted by molar-refractivity contribution is 0.242. The van der Waals surface area contributed by atoms with Crippen LogP contribution in [0.5, 0.6) is 0 Å². The quantitative estimate of drug-likeness (QED) is 0.725. The number of rotatable bonds is 5. The first-order chi connectivity index (χ1) is 7.15. The first-order valence-electron chi connectivity index (χ1n) is 6.91. The van der Waals surface area contributed by atoms with Crippen LogP contribution in [-0.4, -0.2) is 12.1 Å². The smallest absolute Gasteiger partial charge is 0.00900 e. The SMILES string of the molecule is CCC(N[C@@H](C)C1CCCCC1)C(C)C. The van der Waals surface area contributed by atoms with Crippen LogP contribution >= 0.6 is 0 Å². The van der Waals surface area contributed by atoms with Gasteiger partial charge in [0.2, 0.25) is 0 Å². The normalized spacial score (nSPS) is 23.0. The molecule has 1 fully saturated rings. The monoisotopic (exact) mass is 211 g/mol. The molecule has 1 N–H and O–H groups in total. The van der Waals surface area contributed by atoms with Crippen molar-refractivity contribution < 1.29 is 0 Å². The van der Waals surface area contributed by atoms with Crippen LogP contribution < -0.4 is 5.32 Å². The van der Waals surface area contributed by atoms with Crippen molar-refractivity contribution in [3.63, 3.8) is 0 Å². The highest BCUT2D eigenvalue weighted by atomic mass is 15.0. The van der Waals surface area contributed by atoms with E-state index in [-0.39, 0.29) is 0 Å². The molecule has 0 bridgehead atoms. The molecule has 0 aliphatic heterocycles. The van der Waals surface area contributed by atoms with E-state index in [4.69, 9.17) is 0 Å². The van der Waals surface area contributed by atoms with Gasteiger partial charge >= 0.3 is 0 Å². The highest BCUT2D eigenvalue weighted by Gasteiger charge is 2.22. The van der Waals surface area contributed by atoms with Gasteiger partial charge < -0.3 is 5.32 Å². The van der Waals surface area contributed by atoms with E-state index in [1.54, 1.807) is 0 Å². The zero-order valence-corrected chi connectivity index (χ0v) is 11.1. The predicted molar refractivity (Wildman–Crippen MR) is 68.1 cm³/mol. The molecule has 0 amide bonds. The van der Waals surface area contributed by atoms with Gasteiger partial charge in [0.05, 0.1) is 0 Å². The summed E-state index contributed by atoms with van der Waals surface area (Å²) in [6.45, 7) is 9.34. The molecule has 0 aromatic rings. The van der Waals surface area contributed by atoms with Gasteiger partial charge in [-0.1, -0.05) is 40.0 Å². The molecule has 1 rings (SSSR count). The average Bonchev–Trinajstić information content (AvgIpc) is 2.26. The van der Waals surface area contributed by atoms with Crippen molar-refractivity contribution in [3.8, 4) is 0 Å². The fourth-order valence-corrected chi connectivity index (χ4v) is 2.89. The van der Waals surface area contributed by atoms with Gasteiger partial charge in [0.1, 0.15) is 0 Å². The van der Waals surface area contributed by atoms with E-state index in [1.807, 2.05) is 0 Å². The van der Waals surface area contributed by atoms with Crippen LogP contribution in [0.1, 0.15) is 66.2 Å². The molecule has 1 aliphatic rings. The van der Waals surface area contributed by atoms with E-state index < -0.39 is 0 Å². The van der Waals surface area contributed by atoms with Gasteiger partial charge in [-0.25, -0.2) is 0 Å². The number of hydrogen-bond donors (Lipinski definition) is 1. The Balaban J connectivity index is 2.34. The van der Waals surface area contributed by atoms with Crippen molar-refractivity contribution in [2.24, 2.45) is 11.8 Å². The molecule has 1 unspecified atom stereocenters. The molecule has 15 heavy (non-hydrogen) atoms. The fraction of sp³-hybridized carbons (Fsp3) is 1.00. The molecule has 0 heterocycles. The third kappa shape index (κ3) is 4.14. The van der Waals surface area contributed by atoms with Crippen molar-refractivity contribution >= 4 is 0 Å². The lowest BCUT2D eigenvalue weighted by Crippen LogP contribution is -2.43. The molecular formula is C14H29N. The summed E-state index contributed by atoms with van der Waals surface area (Å²) < 4.78 is 0. The molecule has 1 saturated carbocycles. The Morgan fingerprint density at radius 3 is 2.13 bits per heavy atom. The van der Waals surface area contributed by atoms with Gasteiger partial charge in [0.15, 0.2) is 0 Å². The van der Waals surface area contributed by atoms with Crippen LogP contribution in [0.3, 0.4) is 0 Å². The van der Waals surface area contributed by atoms with Crippen molar-refractivity contribution in [2.75, 3.05) is 0 Å². The standard InChI is InChI=1S/C14H29N/c1-5-14(11(2)3)15-12(4)13-9-7-6-8-10-13/h11-15H,5-10H2,1-4H3/t12-,14?/m0/s1. The molecular weight excluding hydrogens is 182 g/mol. The molecule has 1 heteroatoms. The molecule has 2 atom stereocenters. The van der Waals surface area contributed by atoms with Crippen molar-refractivity contribution in [1.29, 1.82) is 0 Å². The van der Waals surface area contributed by atoms with Crippen molar-refractivity contribution in [1.82, 2.24) is 5.32 Å². The van der Waals surface area contributed by atoms with Gasteiger partial charge in [-0.15, -0.1) is 0 Å². The van der Waals surface area contributed by atoms with Gasteiger partial charge in [-0.3, -0.25) is 0 Å². The minimum Gasteiger partial charge on any atom is -0.311 e. The second-order valence-corrected chi connectivity index (χ2v) is 5.61. The summed E-state index contributed by atoms with van der Waals surface area (Å²) in [7, 11) is 0. The molecule has 0 aromatic carbocycles. The van der Waals surface area contributed by atoms with Gasteiger partial charge in [0, 0.05) is 12.1 Å². The van der Waals surface area contributed by atoms with Crippen LogP contribution in [0, 0.1) is 11.8 Å². The summed E-state index contributed by atoms with van der Waals surface area (Å²) in [5, 5.41) is 3.84. The van der Waals surface area contributed by atoms with Crippen LogP contribution in [-0.2, 0) is 0 Å². The van der Waals surface area contributed by atoms with Crippen LogP contribution in [0.15, 0.2) is 0 Å². The van der Waals surface area contributed by atoms with Gasteiger partial charge in [0.25, 0.3) is 0 Å². The van der Waals surface area contributed by atoms with E-state index in [1.165, 1.54) is 38.5 Å². The maximum atomic E-state index is 3.84. The first-order valence-corrected chi connectivity index (χ1v) is 6.91. The van der Waals surface area contributed by atoms with E-state index in [2.05, 4.69) is 33.0 Å². The van der Waals surface area contributed by atoms with E-state index in [0.717, 1.165) is 17.9 Å². The third-order valence-electron chi connectivity index (χ3n) is 4.08. The third-order valence-corrected chi connectivity index (χ3v) is 4.08. The Kier molecular flexibility index (Phi) is 5.66. The highest BCUT2D eigenvalue weighted by molar-refractivity contribution is 4.80.